The Kier molecular flexibility index (Phi) is 6.99. The number of aliphatic hydroxyl groups is 1. The van der Waals surface area contributed by atoms with E-state index in [1.54, 1.807) is 12.1 Å². The van der Waals surface area contributed by atoms with Crippen LogP contribution in [0.15, 0.2) is 24.3 Å². The average Bonchev–Trinajstić information content (AvgIpc) is 2.36. The fourth-order valence-electron chi connectivity index (χ4n) is 1.78. The standard InChI is InChI=1S/C15H24FNO2/c1-12(2)19-11-15(18)10-17(3)9-8-13-4-6-14(16)7-5-13/h4-7,12,15,18H,8-11H2,1-3H3. The molecule has 1 aromatic carbocycles. The first-order chi connectivity index (χ1) is 8.97. The Morgan fingerprint density at radius 1 is 1.26 bits per heavy atom. The second-order valence-corrected chi connectivity index (χ2v) is 5.17. The summed E-state index contributed by atoms with van der Waals surface area (Å²) in [6.07, 6.45) is 0.508. The number of rotatable bonds is 8. The fraction of sp³-hybridized carbons (Fsp3) is 0.600. The third-order valence-corrected chi connectivity index (χ3v) is 2.84. The first-order valence-corrected chi connectivity index (χ1v) is 6.70. The highest BCUT2D eigenvalue weighted by molar-refractivity contribution is 5.16. The third-order valence-electron chi connectivity index (χ3n) is 2.84. The highest BCUT2D eigenvalue weighted by Crippen LogP contribution is 2.04. The molecule has 0 bridgehead atoms. The summed E-state index contributed by atoms with van der Waals surface area (Å²) in [6, 6.07) is 6.53. The second kappa shape index (κ2) is 8.25. The second-order valence-electron chi connectivity index (χ2n) is 5.17. The molecule has 0 heterocycles. The summed E-state index contributed by atoms with van der Waals surface area (Å²) in [7, 11) is 1.96. The zero-order valence-corrected chi connectivity index (χ0v) is 12.0. The first-order valence-electron chi connectivity index (χ1n) is 6.70. The number of hydrogen-bond acceptors (Lipinski definition) is 3. The van der Waals surface area contributed by atoms with E-state index in [4.69, 9.17) is 4.74 Å². The van der Waals surface area contributed by atoms with Crippen molar-refractivity contribution in [3.63, 3.8) is 0 Å². The van der Waals surface area contributed by atoms with Crippen LogP contribution in [0.3, 0.4) is 0 Å². The minimum absolute atomic E-state index is 0.138. The van der Waals surface area contributed by atoms with Gasteiger partial charge in [0.1, 0.15) is 5.82 Å². The Labute approximate surface area is 115 Å². The molecule has 0 saturated heterocycles. The van der Waals surface area contributed by atoms with Crippen LogP contribution in [0.2, 0.25) is 0 Å². The van der Waals surface area contributed by atoms with Crippen LogP contribution in [-0.4, -0.2) is 49.0 Å². The summed E-state index contributed by atoms with van der Waals surface area (Å²) < 4.78 is 18.1. The molecule has 1 aromatic rings. The van der Waals surface area contributed by atoms with Gasteiger partial charge in [0, 0.05) is 13.1 Å². The summed E-state index contributed by atoms with van der Waals surface area (Å²) in [6.45, 7) is 5.66. The van der Waals surface area contributed by atoms with E-state index in [-0.39, 0.29) is 11.9 Å². The van der Waals surface area contributed by atoms with E-state index in [1.165, 1.54) is 12.1 Å². The number of benzene rings is 1. The average molecular weight is 269 g/mol. The van der Waals surface area contributed by atoms with Gasteiger partial charge in [0.05, 0.1) is 18.8 Å². The van der Waals surface area contributed by atoms with Crippen LogP contribution >= 0.6 is 0 Å². The highest BCUT2D eigenvalue weighted by Gasteiger charge is 2.09. The number of likely N-dealkylation sites (N-methyl/N-ethyl adjacent to an activating group) is 1. The molecule has 1 unspecified atom stereocenters. The molecule has 1 atom stereocenters. The normalized spacial score (nSPS) is 13.2. The number of ether oxygens (including phenoxy) is 1. The molecule has 0 aliphatic heterocycles. The third kappa shape index (κ3) is 7.25. The monoisotopic (exact) mass is 269 g/mol. The van der Waals surface area contributed by atoms with Crippen LogP contribution < -0.4 is 0 Å². The summed E-state index contributed by atoms with van der Waals surface area (Å²) in [5, 5.41) is 9.79. The minimum Gasteiger partial charge on any atom is -0.389 e. The molecule has 0 aromatic heterocycles. The van der Waals surface area contributed by atoms with Crippen molar-refractivity contribution in [2.24, 2.45) is 0 Å². The molecular formula is C15H24FNO2. The number of nitrogens with zero attached hydrogens (tertiary/aromatic N) is 1. The van der Waals surface area contributed by atoms with Gasteiger partial charge in [-0.2, -0.15) is 0 Å². The lowest BCUT2D eigenvalue weighted by Crippen LogP contribution is -2.34. The van der Waals surface area contributed by atoms with Gasteiger partial charge >= 0.3 is 0 Å². The van der Waals surface area contributed by atoms with Crippen molar-refractivity contribution in [3.05, 3.63) is 35.6 Å². The van der Waals surface area contributed by atoms with Gasteiger partial charge in [0.15, 0.2) is 0 Å². The largest absolute Gasteiger partial charge is 0.389 e. The van der Waals surface area contributed by atoms with Crippen LogP contribution in [0.4, 0.5) is 4.39 Å². The maximum Gasteiger partial charge on any atom is 0.123 e. The predicted molar refractivity (Wildman–Crippen MR) is 74.7 cm³/mol. The number of halogens is 1. The molecule has 0 amide bonds. The lowest BCUT2D eigenvalue weighted by atomic mass is 10.1. The fourth-order valence-corrected chi connectivity index (χ4v) is 1.78. The molecule has 1 N–H and O–H groups in total. The van der Waals surface area contributed by atoms with E-state index in [0.717, 1.165) is 18.5 Å². The van der Waals surface area contributed by atoms with Crippen LogP contribution in [0.5, 0.6) is 0 Å². The predicted octanol–water partition coefficient (Wildman–Crippen LogP) is 2.09. The molecule has 0 fully saturated rings. The molecule has 0 aliphatic rings. The van der Waals surface area contributed by atoms with Gasteiger partial charge in [0.25, 0.3) is 0 Å². The highest BCUT2D eigenvalue weighted by atomic mass is 19.1. The first kappa shape index (κ1) is 16.1. The van der Waals surface area contributed by atoms with E-state index in [1.807, 2.05) is 20.9 Å². The maximum absolute atomic E-state index is 12.8. The zero-order valence-electron chi connectivity index (χ0n) is 12.0. The Morgan fingerprint density at radius 3 is 2.47 bits per heavy atom. The lowest BCUT2D eigenvalue weighted by Gasteiger charge is -2.21. The van der Waals surface area contributed by atoms with Crippen molar-refractivity contribution < 1.29 is 14.2 Å². The van der Waals surface area contributed by atoms with Gasteiger partial charge in [0.2, 0.25) is 0 Å². The molecule has 4 heteroatoms. The van der Waals surface area contributed by atoms with Crippen molar-refractivity contribution in [1.82, 2.24) is 4.90 Å². The molecule has 0 saturated carbocycles. The Bertz CT molecular complexity index is 354. The number of aliphatic hydroxyl groups excluding tert-OH is 1. The van der Waals surface area contributed by atoms with Crippen molar-refractivity contribution in [1.29, 1.82) is 0 Å². The summed E-state index contributed by atoms with van der Waals surface area (Å²) >= 11 is 0. The van der Waals surface area contributed by atoms with Gasteiger partial charge in [-0.15, -0.1) is 0 Å². The van der Waals surface area contributed by atoms with Crippen molar-refractivity contribution in [3.8, 4) is 0 Å². The Hall–Kier alpha value is -0.970. The van der Waals surface area contributed by atoms with Gasteiger partial charge in [-0.25, -0.2) is 4.39 Å². The molecule has 0 spiro atoms. The summed E-state index contributed by atoms with van der Waals surface area (Å²) in [5.74, 6) is -0.210. The Morgan fingerprint density at radius 2 is 1.89 bits per heavy atom. The topological polar surface area (TPSA) is 32.7 Å². The van der Waals surface area contributed by atoms with E-state index in [0.29, 0.717) is 13.2 Å². The number of hydrogen-bond donors (Lipinski definition) is 1. The van der Waals surface area contributed by atoms with E-state index in [2.05, 4.69) is 4.90 Å². The summed E-state index contributed by atoms with van der Waals surface area (Å²) in [4.78, 5) is 2.05. The molecular weight excluding hydrogens is 245 g/mol. The molecule has 0 radical (unpaired) electrons. The van der Waals surface area contributed by atoms with Gasteiger partial charge in [-0.1, -0.05) is 12.1 Å². The van der Waals surface area contributed by atoms with Crippen molar-refractivity contribution >= 4 is 0 Å². The molecule has 108 valence electrons. The smallest absolute Gasteiger partial charge is 0.123 e. The van der Waals surface area contributed by atoms with E-state index >= 15 is 0 Å². The van der Waals surface area contributed by atoms with E-state index < -0.39 is 6.10 Å². The molecule has 1 rings (SSSR count). The SMILES string of the molecule is CC(C)OCC(O)CN(C)CCc1ccc(F)cc1. The molecule has 0 aliphatic carbocycles. The van der Waals surface area contributed by atoms with Gasteiger partial charge in [-0.05, 0) is 45.0 Å². The molecule has 3 nitrogen and oxygen atoms in total. The summed E-state index contributed by atoms with van der Waals surface area (Å²) in [5.41, 5.74) is 1.10. The maximum atomic E-state index is 12.8. The minimum atomic E-state index is -0.472. The van der Waals surface area contributed by atoms with Crippen LogP contribution in [0, 0.1) is 5.82 Å². The van der Waals surface area contributed by atoms with Crippen LogP contribution in [0.1, 0.15) is 19.4 Å². The lowest BCUT2D eigenvalue weighted by molar-refractivity contribution is -0.00541. The van der Waals surface area contributed by atoms with Crippen molar-refractivity contribution in [2.45, 2.75) is 32.5 Å². The zero-order chi connectivity index (χ0) is 14.3. The van der Waals surface area contributed by atoms with E-state index in [9.17, 15) is 9.50 Å². The quantitative estimate of drug-likeness (QED) is 0.784. The Balaban J connectivity index is 2.23. The van der Waals surface area contributed by atoms with Gasteiger partial charge < -0.3 is 14.7 Å². The van der Waals surface area contributed by atoms with Crippen LogP contribution in [0.25, 0.3) is 0 Å². The van der Waals surface area contributed by atoms with Crippen LogP contribution in [-0.2, 0) is 11.2 Å². The van der Waals surface area contributed by atoms with Gasteiger partial charge in [-0.3, -0.25) is 0 Å². The van der Waals surface area contributed by atoms with Crippen molar-refractivity contribution in [2.75, 3.05) is 26.7 Å². The molecule has 19 heavy (non-hydrogen) atoms.